The van der Waals surface area contributed by atoms with Crippen LogP contribution in [0.15, 0.2) is 84.1 Å². The van der Waals surface area contributed by atoms with Gasteiger partial charge in [-0.15, -0.1) is 6.58 Å². The third-order valence-corrected chi connectivity index (χ3v) is 12.9. The van der Waals surface area contributed by atoms with Gasteiger partial charge in [-0.25, -0.2) is 0 Å². The predicted octanol–water partition coefficient (Wildman–Crippen LogP) is 8.53. The van der Waals surface area contributed by atoms with Crippen molar-refractivity contribution < 1.29 is 43.5 Å². The molecule has 59 heavy (non-hydrogen) atoms. The highest BCUT2D eigenvalue weighted by Gasteiger charge is 2.66. The fraction of sp³-hybridized carbons (Fsp3) is 0.500. The molecular weight excluding hydrogens is 749 g/mol. The number of unbranched alkanes of at least 4 members (excludes halogenated alkanes) is 2. The van der Waals surface area contributed by atoms with Gasteiger partial charge in [-0.05, 0) is 129 Å². The lowest BCUT2D eigenvalue weighted by Gasteiger charge is -2.60. The first-order chi connectivity index (χ1) is 28.8. The summed E-state index contributed by atoms with van der Waals surface area (Å²) in [5.74, 6) is 1.76. The maximum Gasteiger partial charge on any atom is 0.239 e. The summed E-state index contributed by atoms with van der Waals surface area (Å²) in [6, 6.07) is 17.4. The van der Waals surface area contributed by atoms with Crippen LogP contribution in [0, 0.1) is 37.5 Å². The zero-order valence-electron chi connectivity index (χ0n) is 34.6. The molecule has 8 rings (SSSR count). The second-order valence-electron chi connectivity index (χ2n) is 16.7. The van der Waals surface area contributed by atoms with Gasteiger partial charge < -0.3 is 43.6 Å². The molecule has 0 radical (unpaired) electrons. The van der Waals surface area contributed by atoms with E-state index in [2.05, 4.69) is 44.7 Å². The maximum absolute atomic E-state index is 14.8. The number of hydrogen-bond acceptors (Lipinski definition) is 10. The second-order valence-corrected chi connectivity index (χ2v) is 16.7. The van der Waals surface area contributed by atoms with Crippen LogP contribution in [0.5, 0.6) is 28.7 Å². The van der Waals surface area contributed by atoms with Crippen LogP contribution in [0.1, 0.15) is 86.0 Å². The fourth-order valence-electron chi connectivity index (χ4n) is 9.88. The van der Waals surface area contributed by atoms with Crippen LogP contribution in [0.4, 0.5) is 0 Å². The van der Waals surface area contributed by atoms with E-state index < -0.39 is 17.7 Å². The molecule has 2 aliphatic heterocycles. The zero-order valence-corrected chi connectivity index (χ0v) is 34.6. The summed E-state index contributed by atoms with van der Waals surface area (Å²) in [6.45, 7) is 9.12. The van der Waals surface area contributed by atoms with E-state index in [1.165, 1.54) is 5.56 Å². The van der Waals surface area contributed by atoms with Crippen LogP contribution < -0.4 is 18.9 Å². The number of carbonyl (C=O) groups excluding carboxylic acids is 1. The molecule has 0 aromatic heterocycles. The predicted molar refractivity (Wildman–Crippen MR) is 224 cm³/mol. The number of oxime groups is 1. The van der Waals surface area contributed by atoms with Gasteiger partial charge in [0.2, 0.25) is 18.5 Å². The number of nitrogens with zero attached hydrogens (tertiary/aromatic N) is 2. The molecule has 11 heteroatoms. The number of amides is 1. The van der Waals surface area contributed by atoms with Crippen LogP contribution in [-0.4, -0.2) is 72.3 Å². The lowest BCUT2D eigenvalue weighted by molar-refractivity contribution is -0.258. The molecular formula is C48H58N2O9. The lowest BCUT2D eigenvalue weighted by atomic mass is 9.55. The first-order valence-electron chi connectivity index (χ1n) is 21.3. The van der Waals surface area contributed by atoms with Gasteiger partial charge in [0.1, 0.15) is 30.4 Å². The Morgan fingerprint density at radius 1 is 0.932 bits per heavy atom. The van der Waals surface area contributed by atoms with Crippen LogP contribution in [0.2, 0.25) is 0 Å². The van der Waals surface area contributed by atoms with Gasteiger partial charge in [0.25, 0.3) is 0 Å². The minimum atomic E-state index is -1.34. The number of allylic oxidation sites excluding steroid dienone is 1. The standard InChI is InChI=1S/C48H58N2O9/c1-5-22-57-48-44(50(47(53)33-14-15-33)28-32-13-18-42-43(24-32)56-29-55-42)27-40(49-54-4)38-25-34(10-6-8-20-51)37(11-7-9-21-52)45(46(38)48)39-26-36(17-19-41(39)59-48)58-35-16-12-30(2)31(3)23-35/h5,12-13,16-19,23-26,33-34,37,44-46,51-52H,1,6-11,14-15,20-22,27-29H2,2-4H3/t34-,37+,44-,45+,46+,48+/m0/s1. The van der Waals surface area contributed by atoms with Gasteiger partial charge in [-0.2, -0.15) is 0 Å². The smallest absolute Gasteiger partial charge is 0.239 e. The summed E-state index contributed by atoms with van der Waals surface area (Å²) in [4.78, 5) is 22.4. The molecule has 0 spiro atoms. The number of benzene rings is 3. The fourth-order valence-corrected chi connectivity index (χ4v) is 9.88. The average molecular weight is 807 g/mol. The van der Waals surface area contributed by atoms with E-state index in [0.29, 0.717) is 48.8 Å². The summed E-state index contributed by atoms with van der Waals surface area (Å²) in [5, 5.41) is 24.6. The van der Waals surface area contributed by atoms with Gasteiger partial charge in [0, 0.05) is 43.6 Å². The van der Waals surface area contributed by atoms with Crippen LogP contribution in [0.3, 0.4) is 0 Å². The molecule has 3 aromatic rings. The second kappa shape index (κ2) is 17.8. The Labute approximate surface area is 347 Å². The van der Waals surface area contributed by atoms with E-state index in [0.717, 1.165) is 72.2 Å². The molecule has 314 valence electrons. The minimum Gasteiger partial charge on any atom is -0.459 e. The van der Waals surface area contributed by atoms with Crippen molar-refractivity contribution in [3.63, 3.8) is 0 Å². The maximum atomic E-state index is 14.8. The average Bonchev–Trinajstić information content (AvgIpc) is 3.99. The molecule has 0 bridgehead atoms. The Hall–Kier alpha value is -4.84. The van der Waals surface area contributed by atoms with Gasteiger partial charge in [-0.3, -0.25) is 4.79 Å². The van der Waals surface area contributed by atoms with Crippen LogP contribution in [-0.2, 0) is 20.9 Å². The van der Waals surface area contributed by atoms with Crippen molar-refractivity contribution >= 4 is 11.6 Å². The van der Waals surface area contributed by atoms with E-state index in [1.54, 1.807) is 13.2 Å². The van der Waals surface area contributed by atoms with Crippen molar-refractivity contribution in [2.45, 2.75) is 95.9 Å². The first kappa shape index (κ1) is 40.9. The summed E-state index contributed by atoms with van der Waals surface area (Å²) in [5.41, 5.74) is 6.02. The SMILES string of the molecule is C=CCO[C@@]12Oc3ccc(Oc4ccc(C)c(C)c4)cc3[C@H]3[C@H](CCCCO)[C@@H](CCCCO)C=C(C(=NOC)C[C@@H]1N(Cc1ccc4c(c1)OCO4)C(=O)C1CC1)[C@H]32. The summed E-state index contributed by atoms with van der Waals surface area (Å²) in [6.07, 6.45) is 10.9. The molecule has 2 heterocycles. The Balaban J connectivity index is 1.31. The van der Waals surface area contributed by atoms with Gasteiger partial charge in [0.15, 0.2) is 11.5 Å². The molecule has 5 aliphatic rings. The van der Waals surface area contributed by atoms with E-state index in [4.69, 9.17) is 33.7 Å². The first-order valence-corrected chi connectivity index (χ1v) is 21.3. The lowest BCUT2D eigenvalue weighted by Crippen LogP contribution is -2.70. The normalized spacial score (nSPS) is 25.7. The molecule has 2 fully saturated rings. The molecule has 0 saturated heterocycles. The van der Waals surface area contributed by atoms with Crippen LogP contribution in [0.25, 0.3) is 0 Å². The molecule has 2 N–H and O–H groups in total. The van der Waals surface area contributed by atoms with E-state index in [1.807, 2.05) is 41.3 Å². The Morgan fingerprint density at radius 3 is 2.42 bits per heavy atom. The molecule has 3 aliphatic carbocycles. The summed E-state index contributed by atoms with van der Waals surface area (Å²) < 4.78 is 32.5. The molecule has 3 aromatic carbocycles. The number of fused-ring (bicyclic) bond motifs is 3. The number of hydrogen-bond donors (Lipinski definition) is 2. The van der Waals surface area contributed by atoms with Gasteiger partial charge >= 0.3 is 0 Å². The highest BCUT2D eigenvalue weighted by atomic mass is 16.7. The van der Waals surface area contributed by atoms with E-state index >= 15 is 0 Å². The highest BCUT2D eigenvalue weighted by molar-refractivity contribution is 6.03. The monoisotopic (exact) mass is 806 g/mol. The Kier molecular flexibility index (Phi) is 12.3. The molecule has 6 atom stereocenters. The summed E-state index contributed by atoms with van der Waals surface area (Å²) >= 11 is 0. The Morgan fingerprint density at radius 2 is 1.68 bits per heavy atom. The largest absolute Gasteiger partial charge is 0.459 e. The summed E-state index contributed by atoms with van der Waals surface area (Å²) in [7, 11) is 1.57. The van der Waals surface area contributed by atoms with Crippen molar-refractivity contribution in [3.8, 4) is 28.7 Å². The number of aliphatic hydroxyl groups is 2. The number of aliphatic hydroxyl groups excluding tert-OH is 2. The zero-order chi connectivity index (χ0) is 41.1. The van der Waals surface area contributed by atoms with Crippen molar-refractivity contribution in [3.05, 3.63) is 101 Å². The number of carbonyl (C=O) groups is 1. The molecule has 11 nitrogen and oxygen atoms in total. The van der Waals surface area contributed by atoms with Crippen molar-refractivity contribution in [2.75, 3.05) is 33.7 Å². The minimum absolute atomic E-state index is 0.0544. The Bertz CT molecular complexity index is 2080. The van der Waals surface area contributed by atoms with Gasteiger partial charge in [-0.1, -0.05) is 42.3 Å². The van der Waals surface area contributed by atoms with Crippen LogP contribution >= 0.6 is 0 Å². The van der Waals surface area contributed by atoms with Gasteiger partial charge in [0.05, 0.1) is 18.2 Å². The number of ether oxygens (including phenoxy) is 5. The van der Waals surface area contributed by atoms with E-state index in [9.17, 15) is 15.0 Å². The molecule has 2 saturated carbocycles. The quantitative estimate of drug-likeness (QED) is 0.0739. The molecule has 1 amide bonds. The third-order valence-electron chi connectivity index (χ3n) is 12.9. The topological polar surface area (TPSA) is 129 Å². The van der Waals surface area contributed by atoms with Crippen molar-refractivity contribution in [1.82, 2.24) is 4.90 Å². The van der Waals surface area contributed by atoms with Crippen molar-refractivity contribution in [2.24, 2.45) is 28.8 Å². The number of rotatable bonds is 18. The third kappa shape index (κ3) is 8.21. The number of aryl methyl sites for hydroxylation is 2. The van der Waals surface area contributed by atoms with E-state index in [-0.39, 0.29) is 56.2 Å². The highest BCUT2D eigenvalue weighted by Crippen LogP contribution is 2.62. The molecule has 0 unspecified atom stereocenters. The van der Waals surface area contributed by atoms with Crippen molar-refractivity contribution in [1.29, 1.82) is 0 Å².